The topological polar surface area (TPSA) is 101 Å². The highest BCUT2D eigenvalue weighted by Gasteiger charge is 2.37. The van der Waals surface area contributed by atoms with Gasteiger partial charge in [-0.3, -0.25) is 9.59 Å². The maximum Gasteiger partial charge on any atom is 0.202 e. The standard InChI is InChI=1S/C20H13NO4S/c21-11-6-7-12(22)16-15(11)19(24)18-14(26-10-4-2-1-3-5-10)9-8-13(23)17(18)20(16)25/h1-9,22-23H,21H2. The number of benzene rings is 3. The zero-order valence-electron chi connectivity index (χ0n) is 13.4. The van der Waals surface area contributed by atoms with Crippen molar-refractivity contribution in [3.8, 4) is 11.5 Å². The van der Waals surface area contributed by atoms with Crippen molar-refractivity contribution in [2.45, 2.75) is 9.79 Å². The molecule has 0 radical (unpaired) electrons. The van der Waals surface area contributed by atoms with E-state index in [4.69, 9.17) is 5.73 Å². The lowest BCUT2D eigenvalue weighted by atomic mass is 9.82. The molecule has 3 aromatic carbocycles. The minimum atomic E-state index is -0.618. The van der Waals surface area contributed by atoms with Crippen LogP contribution in [0.1, 0.15) is 31.8 Å². The number of carbonyl (C=O) groups excluding carboxylic acids is 2. The number of nitrogens with two attached hydrogens (primary N) is 1. The fraction of sp³-hybridized carbons (Fsp3) is 0. The lowest BCUT2D eigenvalue weighted by Crippen LogP contribution is -2.23. The normalized spacial score (nSPS) is 12.6. The van der Waals surface area contributed by atoms with Crippen molar-refractivity contribution in [1.29, 1.82) is 0 Å². The Hall–Kier alpha value is -3.25. The van der Waals surface area contributed by atoms with Gasteiger partial charge in [0.1, 0.15) is 11.5 Å². The van der Waals surface area contributed by atoms with Crippen molar-refractivity contribution in [3.63, 3.8) is 0 Å². The first-order chi connectivity index (χ1) is 12.5. The number of ketones is 2. The summed E-state index contributed by atoms with van der Waals surface area (Å²) < 4.78 is 0. The number of aromatic hydroxyl groups is 2. The predicted molar refractivity (Wildman–Crippen MR) is 98.1 cm³/mol. The highest BCUT2D eigenvalue weighted by Crippen LogP contribution is 2.43. The SMILES string of the molecule is Nc1ccc(O)c2c1C(=O)c1c(Sc3ccccc3)ccc(O)c1C2=O. The van der Waals surface area contributed by atoms with Crippen LogP contribution in [-0.2, 0) is 0 Å². The number of anilines is 1. The van der Waals surface area contributed by atoms with Crippen LogP contribution >= 0.6 is 11.8 Å². The van der Waals surface area contributed by atoms with E-state index in [1.165, 1.54) is 30.0 Å². The van der Waals surface area contributed by atoms with Gasteiger partial charge in [0.2, 0.25) is 5.78 Å². The Labute approximate surface area is 153 Å². The van der Waals surface area contributed by atoms with Crippen molar-refractivity contribution in [2.75, 3.05) is 5.73 Å². The third-order valence-electron chi connectivity index (χ3n) is 4.24. The van der Waals surface area contributed by atoms with Crippen LogP contribution in [0.5, 0.6) is 11.5 Å². The molecule has 128 valence electrons. The van der Waals surface area contributed by atoms with Gasteiger partial charge in [0, 0.05) is 15.5 Å². The maximum absolute atomic E-state index is 13.1. The Balaban J connectivity index is 1.96. The van der Waals surface area contributed by atoms with E-state index in [-0.39, 0.29) is 39.4 Å². The molecule has 4 N–H and O–H groups in total. The fourth-order valence-corrected chi connectivity index (χ4v) is 4.04. The van der Waals surface area contributed by atoms with Gasteiger partial charge in [-0.15, -0.1) is 0 Å². The number of phenolic OH excluding ortho intramolecular Hbond substituents is 2. The summed E-state index contributed by atoms with van der Waals surface area (Å²) in [5.41, 5.74) is 5.83. The number of phenols is 2. The van der Waals surface area contributed by atoms with E-state index in [9.17, 15) is 19.8 Å². The lowest BCUT2D eigenvalue weighted by Gasteiger charge is -2.22. The first-order valence-corrected chi connectivity index (χ1v) is 8.60. The molecule has 0 fully saturated rings. The molecule has 0 atom stereocenters. The molecule has 6 heteroatoms. The molecule has 0 aromatic heterocycles. The minimum absolute atomic E-state index is 0.0250. The molecule has 0 amide bonds. The number of rotatable bonds is 2. The number of hydrogen-bond donors (Lipinski definition) is 3. The van der Waals surface area contributed by atoms with E-state index in [1.807, 2.05) is 30.3 Å². The van der Waals surface area contributed by atoms with Crippen LogP contribution < -0.4 is 5.73 Å². The summed E-state index contributed by atoms with van der Waals surface area (Å²) in [7, 11) is 0. The second-order valence-electron chi connectivity index (χ2n) is 5.83. The molecular weight excluding hydrogens is 350 g/mol. The molecule has 0 saturated heterocycles. The van der Waals surface area contributed by atoms with Crippen LogP contribution in [-0.4, -0.2) is 21.8 Å². The van der Waals surface area contributed by atoms with Gasteiger partial charge in [0.25, 0.3) is 0 Å². The first-order valence-electron chi connectivity index (χ1n) is 7.78. The molecule has 0 heterocycles. The second kappa shape index (κ2) is 5.93. The molecule has 3 aromatic rings. The van der Waals surface area contributed by atoms with Crippen molar-refractivity contribution in [3.05, 3.63) is 76.9 Å². The molecule has 1 aliphatic rings. The van der Waals surface area contributed by atoms with Crippen LogP contribution in [0.3, 0.4) is 0 Å². The summed E-state index contributed by atoms with van der Waals surface area (Å²) in [6.07, 6.45) is 0. The minimum Gasteiger partial charge on any atom is -0.507 e. The van der Waals surface area contributed by atoms with E-state index in [0.717, 1.165) is 4.90 Å². The fourth-order valence-electron chi connectivity index (χ4n) is 3.06. The van der Waals surface area contributed by atoms with Crippen LogP contribution in [0.2, 0.25) is 0 Å². The Morgan fingerprint density at radius 2 is 1.27 bits per heavy atom. The quantitative estimate of drug-likeness (QED) is 0.372. The Kier molecular flexibility index (Phi) is 3.70. The first kappa shape index (κ1) is 16.2. The summed E-state index contributed by atoms with van der Waals surface area (Å²) in [4.78, 5) is 27.5. The molecule has 0 spiro atoms. The summed E-state index contributed by atoms with van der Waals surface area (Å²) in [5.74, 6) is -1.74. The van der Waals surface area contributed by atoms with E-state index in [0.29, 0.717) is 4.90 Å². The van der Waals surface area contributed by atoms with Crippen molar-refractivity contribution < 1.29 is 19.8 Å². The van der Waals surface area contributed by atoms with E-state index in [2.05, 4.69) is 0 Å². The number of nitrogen functional groups attached to an aromatic ring is 1. The van der Waals surface area contributed by atoms with E-state index in [1.54, 1.807) is 6.07 Å². The summed E-state index contributed by atoms with van der Waals surface area (Å²) in [5, 5.41) is 20.3. The van der Waals surface area contributed by atoms with Crippen LogP contribution in [0.25, 0.3) is 0 Å². The van der Waals surface area contributed by atoms with Gasteiger partial charge in [0.15, 0.2) is 5.78 Å². The van der Waals surface area contributed by atoms with Crippen LogP contribution in [0, 0.1) is 0 Å². The summed E-state index contributed by atoms with van der Waals surface area (Å²) >= 11 is 1.31. The van der Waals surface area contributed by atoms with Crippen molar-refractivity contribution in [2.24, 2.45) is 0 Å². The molecule has 1 aliphatic carbocycles. The number of carbonyl (C=O) groups is 2. The molecule has 0 saturated carbocycles. The maximum atomic E-state index is 13.1. The van der Waals surface area contributed by atoms with Gasteiger partial charge in [-0.1, -0.05) is 30.0 Å². The smallest absolute Gasteiger partial charge is 0.202 e. The molecule has 0 unspecified atom stereocenters. The predicted octanol–water partition coefficient (Wildman–Crippen LogP) is 3.61. The van der Waals surface area contributed by atoms with Crippen molar-refractivity contribution >= 4 is 29.0 Å². The lowest BCUT2D eigenvalue weighted by molar-refractivity contribution is 0.0972. The molecule has 4 rings (SSSR count). The highest BCUT2D eigenvalue weighted by molar-refractivity contribution is 7.99. The number of fused-ring (bicyclic) bond motifs is 2. The Morgan fingerprint density at radius 3 is 1.96 bits per heavy atom. The van der Waals surface area contributed by atoms with Crippen LogP contribution in [0.4, 0.5) is 5.69 Å². The van der Waals surface area contributed by atoms with Crippen LogP contribution in [0.15, 0.2) is 64.4 Å². The average molecular weight is 363 g/mol. The summed E-state index contributed by atoms with van der Waals surface area (Å²) in [6.45, 7) is 0. The third-order valence-corrected chi connectivity index (χ3v) is 5.31. The largest absolute Gasteiger partial charge is 0.507 e. The zero-order chi connectivity index (χ0) is 18.4. The molecule has 26 heavy (non-hydrogen) atoms. The van der Waals surface area contributed by atoms with Gasteiger partial charge < -0.3 is 15.9 Å². The van der Waals surface area contributed by atoms with Gasteiger partial charge in [-0.25, -0.2) is 0 Å². The van der Waals surface area contributed by atoms with Gasteiger partial charge in [-0.2, -0.15) is 0 Å². The average Bonchev–Trinajstić information content (AvgIpc) is 2.63. The molecular formula is C20H13NO4S. The van der Waals surface area contributed by atoms with Gasteiger partial charge >= 0.3 is 0 Å². The molecule has 0 bridgehead atoms. The Morgan fingerprint density at radius 1 is 0.692 bits per heavy atom. The number of hydrogen-bond acceptors (Lipinski definition) is 6. The van der Waals surface area contributed by atoms with Gasteiger partial charge in [-0.05, 0) is 36.4 Å². The molecule has 5 nitrogen and oxygen atoms in total. The second-order valence-corrected chi connectivity index (χ2v) is 6.95. The van der Waals surface area contributed by atoms with E-state index >= 15 is 0 Å². The zero-order valence-corrected chi connectivity index (χ0v) is 14.2. The van der Waals surface area contributed by atoms with Gasteiger partial charge in [0.05, 0.1) is 22.3 Å². The summed E-state index contributed by atoms with van der Waals surface area (Å²) in [6, 6.07) is 15.0. The highest BCUT2D eigenvalue weighted by atomic mass is 32.2. The Bertz CT molecular complexity index is 1080. The van der Waals surface area contributed by atoms with E-state index < -0.39 is 11.6 Å². The third kappa shape index (κ3) is 2.34. The monoisotopic (exact) mass is 363 g/mol. The van der Waals surface area contributed by atoms with Crippen molar-refractivity contribution in [1.82, 2.24) is 0 Å². The molecule has 0 aliphatic heterocycles.